The lowest BCUT2D eigenvalue weighted by Gasteiger charge is -2.45. The van der Waals surface area contributed by atoms with Crippen molar-refractivity contribution < 1.29 is 17.5 Å². The van der Waals surface area contributed by atoms with Crippen molar-refractivity contribution in [1.29, 1.82) is 0 Å². The third-order valence-corrected chi connectivity index (χ3v) is 8.61. The molecule has 1 saturated heterocycles. The van der Waals surface area contributed by atoms with E-state index in [2.05, 4.69) is 26.7 Å². The van der Waals surface area contributed by atoms with E-state index >= 15 is 0 Å². The maximum atomic E-state index is 14.1. The zero-order chi connectivity index (χ0) is 25.3. The zero-order valence-electron chi connectivity index (χ0n) is 20.2. The summed E-state index contributed by atoms with van der Waals surface area (Å²) >= 11 is 6.15. The molecule has 1 N–H and O–H groups in total. The number of benzene rings is 2. The van der Waals surface area contributed by atoms with Crippen molar-refractivity contribution in [3.05, 3.63) is 76.5 Å². The Balaban J connectivity index is 1.30. The molecule has 2 heterocycles. The lowest BCUT2D eigenvalue weighted by molar-refractivity contribution is 0.0876. The fourth-order valence-electron chi connectivity index (χ4n) is 5.23. The molecule has 0 radical (unpaired) electrons. The summed E-state index contributed by atoms with van der Waals surface area (Å²) in [6.45, 7) is 2.49. The Hall–Kier alpha value is -2.46. The lowest BCUT2D eigenvalue weighted by Crippen LogP contribution is -2.49. The van der Waals surface area contributed by atoms with Gasteiger partial charge in [-0.2, -0.15) is 0 Å². The minimum Gasteiger partial charge on any atom is -0.492 e. The van der Waals surface area contributed by atoms with Gasteiger partial charge in [-0.15, -0.1) is 0 Å². The molecule has 192 valence electrons. The molecule has 1 aromatic heterocycles. The van der Waals surface area contributed by atoms with E-state index in [9.17, 15) is 12.8 Å². The Bertz CT molecular complexity index is 1320. The topological polar surface area (TPSA) is 76.5 Å². The first-order valence-electron chi connectivity index (χ1n) is 12.2. The molecule has 7 nitrogen and oxygen atoms in total. The fourth-order valence-corrected chi connectivity index (χ4v) is 6.47. The maximum absolute atomic E-state index is 14.1. The first-order valence-corrected chi connectivity index (χ1v) is 14.1. The minimum absolute atomic E-state index is 0.0175. The second-order valence-corrected chi connectivity index (χ2v) is 11.7. The molecule has 2 aromatic carbocycles. The number of hydrogen-bond acceptors (Lipinski definition) is 5. The third kappa shape index (κ3) is 5.59. The summed E-state index contributed by atoms with van der Waals surface area (Å²) in [5.41, 5.74) is 3.38. The van der Waals surface area contributed by atoms with Crippen LogP contribution >= 0.6 is 11.6 Å². The van der Waals surface area contributed by atoms with Gasteiger partial charge in [0.25, 0.3) is 10.0 Å². The molecular weight excluding hydrogens is 503 g/mol. The van der Waals surface area contributed by atoms with Crippen molar-refractivity contribution in [1.82, 2.24) is 19.2 Å². The number of ether oxygens (including phenoxy) is 1. The quantitative estimate of drug-likeness (QED) is 0.423. The van der Waals surface area contributed by atoms with Gasteiger partial charge < -0.3 is 9.30 Å². The largest absolute Gasteiger partial charge is 0.492 e. The number of fused-ring (bicyclic) bond motifs is 1. The van der Waals surface area contributed by atoms with Crippen LogP contribution in [0, 0.1) is 5.82 Å². The predicted octanol–water partition coefficient (Wildman–Crippen LogP) is 3.92. The van der Waals surface area contributed by atoms with Crippen LogP contribution in [0.1, 0.15) is 35.4 Å². The van der Waals surface area contributed by atoms with Crippen LogP contribution in [0.2, 0.25) is 5.02 Å². The standard InChI is InChI=1S/C26H30ClFN4O3S/c1-31-16-26(29-17-31)36(33,34)30-7-10-35-22-5-3-19-4-6-25(32-8-2-9-32)24(23(19)15-22)13-18-11-20(27)14-21(28)12-18/h3,5,11-12,14-17,24-25,30H,2,4,6-10,13H2,1H3. The van der Waals surface area contributed by atoms with E-state index in [0.717, 1.165) is 31.5 Å². The summed E-state index contributed by atoms with van der Waals surface area (Å²) in [6.07, 6.45) is 6.85. The van der Waals surface area contributed by atoms with Crippen molar-refractivity contribution in [2.45, 2.75) is 42.7 Å². The molecule has 0 amide bonds. The Morgan fingerprint density at radius 1 is 1.22 bits per heavy atom. The van der Waals surface area contributed by atoms with Crippen molar-refractivity contribution in [3.63, 3.8) is 0 Å². The van der Waals surface area contributed by atoms with Gasteiger partial charge in [0, 0.05) is 36.8 Å². The maximum Gasteiger partial charge on any atom is 0.259 e. The Labute approximate surface area is 216 Å². The highest BCUT2D eigenvalue weighted by Gasteiger charge is 2.36. The summed E-state index contributed by atoms with van der Waals surface area (Å²) in [5.74, 6) is 0.565. The van der Waals surface area contributed by atoms with Gasteiger partial charge in [-0.3, -0.25) is 4.90 Å². The number of sulfonamides is 1. The highest BCUT2D eigenvalue weighted by atomic mass is 35.5. The number of imidazole rings is 1. The highest BCUT2D eigenvalue weighted by Crippen LogP contribution is 2.40. The molecule has 2 unspecified atom stereocenters. The summed E-state index contributed by atoms with van der Waals surface area (Å²) < 4.78 is 48.8. The number of aromatic nitrogens is 2. The second-order valence-electron chi connectivity index (χ2n) is 9.57. The SMILES string of the molecule is Cn1cnc(S(=O)(=O)NCCOc2ccc3c(c2)C(Cc2cc(F)cc(Cl)c2)C(N2CCC2)CC3)c1. The second kappa shape index (κ2) is 10.5. The number of rotatable bonds is 9. The summed E-state index contributed by atoms with van der Waals surface area (Å²) in [6, 6.07) is 11.2. The van der Waals surface area contributed by atoms with Gasteiger partial charge in [0.2, 0.25) is 0 Å². The van der Waals surface area contributed by atoms with Crippen molar-refractivity contribution in [2.75, 3.05) is 26.2 Å². The average molecular weight is 533 g/mol. The molecular formula is C26H30ClFN4O3S. The number of hydrogen-bond donors (Lipinski definition) is 1. The van der Waals surface area contributed by atoms with Crippen LogP contribution < -0.4 is 9.46 Å². The average Bonchev–Trinajstić information content (AvgIpc) is 3.24. The van der Waals surface area contributed by atoms with E-state index in [1.165, 1.54) is 36.1 Å². The van der Waals surface area contributed by atoms with Crippen LogP contribution in [-0.2, 0) is 29.9 Å². The Morgan fingerprint density at radius 2 is 2.06 bits per heavy atom. The van der Waals surface area contributed by atoms with E-state index in [-0.39, 0.29) is 29.9 Å². The minimum atomic E-state index is -3.68. The highest BCUT2D eigenvalue weighted by molar-refractivity contribution is 7.89. The molecule has 10 heteroatoms. The number of aryl methyl sites for hydroxylation is 2. The van der Waals surface area contributed by atoms with Gasteiger partial charge in [0.1, 0.15) is 18.2 Å². The van der Waals surface area contributed by atoms with E-state index in [1.54, 1.807) is 17.7 Å². The monoisotopic (exact) mass is 532 g/mol. The smallest absolute Gasteiger partial charge is 0.259 e. The van der Waals surface area contributed by atoms with Crippen LogP contribution in [0.4, 0.5) is 4.39 Å². The molecule has 3 aromatic rings. The van der Waals surface area contributed by atoms with Crippen molar-refractivity contribution in [2.24, 2.45) is 7.05 Å². The first-order chi connectivity index (χ1) is 17.3. The van der Waals surface area contributed by atoms with E-state index in [1.807, 2.05) is 12.1 Å². The van der Waals surface area contributed by atoms with Gasteiger partial charge in [0.15, 0.2) is 5.03 Å². The van der Waals surface area contributed by atoms with Gasteiger partial charge in [-0.1, -0.05) is 17.7 Å². The molecule has 1 fully saturated rings. The van der Waals surface area contributed by atoms with Gasteiger partial charge in [-0.05, 0) is 85.8 Å². The van der Waals surface area contributed by atoms with Crippen LogP contribution in [0.25, 0.3) is 0 Å². The fraction of sp³-hybridized carbons (Fsp3) is 0.423. The Morgan fingerprint density at radius 3 is 2.75 bits per heavy atom. The van der Waals surface area contributed by atoms with Crippen LogP contribution in [-0.4, -0.2) is 55.2 Å². The molecule has 0 spiro atoms. The number of nitrogens with one attached hydrogen (secondary N) is 1. The normalized spacial score (nSPS) is 20.1. The number of nitrogens with zero attached hydrogens (tertiary/aromatic N) is 3. The summed E-state index contributed by atoms with van der Waals surface area (Å²) in [5, 5.41) is 0.392. The molecule has 2 atom stereocenters. The molecule has 1 aliphatic heterocycles. The molecule has 5 rings (SSSR count). The predicted molar refractivity (Wildman–Crippen MR) is 136 cm³/mol. The first kappa shape index (κ1) is 25.2. The van der Waals surface area contributed by atoms with Crippen LogP contribution in [0.5, 0.6) is 5.75 Å². The molecule has 1 aliphatic carbocycles. The van der Waals surface area contributed by atoms with Gasteiger partial charge >= 0.3 is 0 Å². The van der Waals surface area contributed by atoms with Crippen LogP contribution in [0.3, 0.4) is 0 Å². The number of halogens is 2. The lowest BCUT2D eigenvalue weighted by atomic mass is 9.75. The van der Waals surface area contributed by atoms with Crippen molar-refractivity contribution >= 4 is 21.6 Å². The molecule has 2 aliphatic rings. The van der Waals surface area contributed by atoms with Gasteiger partial charge in [-0.25, -0.2) is 22.5 Å². The van der Waals surface area contributed by atoms with Crippen molar-refractivity contribution in [3.8, 4) is 5.75 Å². The molecule has 0 bridgehead atoms. The number of likely N-dealkylation sites (tertiary alicyclic amines) is 1. The van der Waals surface area contributed by atoms with E-state index in [0.29, 0.717) is 23.2 Å². The molecule has 36 heavy (non-hydrogen) atoms. The van der Waals surface area contributed by atoms with E-state index < -0.39 is 10.0 Å². The van der Waals surface area contributed by atoms with E-state index in [4.69, 9.17) is 16.3 Å². The van der Waals surface area contributed by atoms with Gasteiger partial charge in [0.05, 0.1) is 6.33 Å². The zero-order valence-corrected chi connectivity index (χ0v) is 21.7. The summed E-state index contributed by atoms with van der Waals surface area (Å²) in [4.78, 5) is 6.42. The summed E-state index contributed by atoms with van der Waals surface area (Å²) in [7, 11) is -1.96. The molecule has 0 saturated carbocycles. The third-order valence-electron chi connectivity index (χ3n) is 7.05. The Kier molecular flexibility index (Phi) is 7.35. The van der Waals surface area contributed by atoms with Crippen LogP contribution in [0.15, 0.2) is 53.9 Å².